The van der Waals surface area contributed by atoms with Crippen molar-refractivity contribution in [1.29, 1.82) is 0 Å². The first kappa shape index (κ1) is 19.3. The molecule has 0 aliphatic carbocycles. The maximum absolute atomic E-state index is 13.0. The number of nitrogens with one attached hydrogen (secondary N) is 2. The smallest absolute Gasteiger partial charge is 0.274 e. The highest BCUT2D eigenvalue weighted by Crippen LogP contribution is 2.25. The predicted octanol–water partition coefficient (Wildman–Crippen LogP) is 3.55. The molecule has 1 aliphatic heterocycles. The number of likely N-dealkylation sites (tertiary alicyclic amines) is 1. The maximum atomic E-state index is 13.0. The Bertz CT molecular complexity index is 808. The Morgan fingerprint density at radius 1 is 1.37 bits per heavy atom. The third-order valence-electron chi connectivity index (χ3n) is 4.64. The summed E-state index contributed by atoms with van der Waals surface area (Å²) in [6.45, 7) is 4.51. The molecule has 2 N–H and O–H groups in total. The Morgan fingerprint density at radius 3 is 2.81 bits per heavy atom. The molecule has 2 heterocycles. The minimum Gasteiger partial charge on any atom is -0.352 e. The zero-order chi connectivity index (χ0) is 19.4. The minimum absolute atomic E-state index is 0.0841. The van der Waals surface area contributed by atoms with E-state index in [2.05, 4.69) is 15.6 Å². The molecule has 2 atom stereocenters. The van der Waals surface area contributed by atoms with Crippen LogP contribution in [-0.2, 0) is 4.79 Å². The second-order valence-corrected chi connectivity index (χ2v) is 7.50. The first-order valence-corrected chi connectivity index (χ1v) is 9.95. The van der Waals surface area contributed by atoms with Crippen LogP contribution in [0.5, 0.6) is 0 Å². The average molecular weight is 390 g/mol. The van der Waals surface area contributed by atoms with Crippen LogP contribution in [0, 0.1) is 5.82 Å². The number of hydrogen-bond donors (Lipinski definition) is 2. The summed E-state index contributed by atoms with van der Waals surface area (Å²) in [5, 5.41) is 8.23. The van der Waals surface area contributed by atoms with Crippen molar-refractivity contribution in [2.75, 3.05) is 11.9 Å². The summed E-state index contributed by atoms with van der Waals surface area (Å²) in [4.78, 5) is 31.2. The van der Waals surface area contributed by atoms with Gasteiger partial charge in [-0.15, -0.1) is 11.3 Å². The highest BCUT2D eigenvalue weighted by atomic mass is 32.1. The number of nitrogens with zero attached hydrogens (tertiary/aromatic N) is 2. The van der Waals surface area contributed by atoms with E-state index < -0.39 is 6.04 Å². The number of anilines is 2. The monoisotopic (exact) mass is 390 g/mol. The number of halogens is 1. The Balaban J connectivity index is 1.67. The lowest BCUT2D eigenvalue weighted by Crippen LogP contribution is -2.48. The number of carbonyl (C=O) groups is 2. The summed E-state index contributed by atoms with van der Waals surface area (Å²) >= 11 is 1.30. The van der Waals surface area contributed by atoms with E-state index in [0.717, 1.165) is 12.8 Å². The third kappa shape index (κ3) is 4.63. The van der Waals surface area contributed by atoms with Gasteiger partial charge in [0.1, 0.15) is 17.6 Å². The number of carbonyl (C=O) groups excluding carboxylic acids is 2. The molecule has 1 saturated heterocycles. The molecule has 2 amide bonds. The molecule has 0 bridgehead atoms. The first-order valence-electron chi connectivity index (χ1n) is 9.07. The van der Waals surface area contributed by atoms with Crippen LogP contribution in [0.3, 0.4) is 0 Å². The fraction of sp³-hybridized carbons (Fsp3) is 0.421. The van der Waals surface area contributed by atoms with Crippen molar-refractivity contribution in [2.45, 2.75) is 45.2 Å². The fourth-order valence-electron chi connectivity index (χ4n) is 2.96. The van der Waals surface area contributed by atoms with E-state index in [-0.39, 0.29) is 23.7 Å². The normalized spacial score (nSPS) is 17.6. The Labute approximate surface area is 161 Å². The molecular formula is C19H23FN4O2S. The maximum Gasteiger partial charge on any atom is 0.274 e. The molecule has 8 heteroatoms. The Hall–Kier alpha value is -2.48. The second-order valence-electron chi connectivity index (χ2n) is 6.64. The number of amides is 2. The molecule has 0 radical (unpaired) electrons. The van der Waals surface area contributed by atoms with Crippen LogP contribution in [0.4, 0.5) is 15.2 Å². The quantitative estimate of drug-likeness (QED) is 0.791. The molecule has 0 spiro atoms. The van der Waals surface area contributed by atoms with Gasteiger partial charge in [0.2, 0.25) is 5.91 Å². The SMILES string of the molecule is CCC(C)NC(=O)C1CCCN1C(=O)c1csc(Nc2ccc(F)cc2)n1. The first-order chi connectivity index (χ1) is 13.0. The van der Waals surface area contributed by atoms with Crippen molar-refractivity contribution in [2.24, 2.45) is 0 Å². The summed E-state index contributed by atoms with van der Waals surface area (Å²) < 4.78 is 13.0. The largest absolute Gasteiger partial charge is 0.352 e. The summed E-state index contributed by atoms with van der Waals surface area (Å²) in [5.41, 5.74) is 1.00. The Kier molecular flexibility index (Phi) is 6.05. The molecule has 3 rings (SSSR count). The number of benzene rings is 1. The number of hydrogen-bond acceptors (Lipinski definition) is 5. The van der Waals surface area contributed by atoms with Crippen LogP contribution in [0.1, 0.15) is 43.6 Å². The molecule has 144 valence electrons. The van der Waals surface area contributed by atoms with Gasteiger partial charge in [-0.1, -0.05) is 6.92 Å². The van der Waals surface area contributed by atoms with E-state index in [4.69, 9.17) is 0 Å². The lowest BCUT2D eigenvalue weighted by molar-refractivity contribution is -0.125. The van der Waals surface area contributed by atoms with Gasteiger partial charge in [-0.05, 0) is 50.5 Å². The van der Waals surface area contributed by atoms with Crippen molar-refractivity contribution in [3.8, 4) is 0 Å². The van der Waals surface area contributed by atoms with Gasteiger partial charge in [0, 0.05) is 23.7 Å². The van der Waals surface area contributed by atoms with Gasteiger partial charge in [-0.3, -0.25) is 9.59 Å². The van der Waals surface area contributed by atoms with E-state index in [9.17, 15) is 14.0 Å². The molecule has 0 saturated carbocycles. The van der Waals surface area contributed by atoms with E-state index in [1.807, 2.05) is 13.8 Å². The molecule has 1 aliphatic rings. The average Bonchev–Trinajstić information content (AvgIpc) is 3.32. The van der Waals surface area contributed by atoms with Gasteiger partial charge in [0.05, 0.1) is 0 Å². The van der Waals surface area contributed by atoms with Crippen molar-refractivity contribution >= 4 is 34.0 Å². The van der Waals surface area contributed by atoms with Gasteiger partial charge < -0.3 is 15.5 Å². The lowest BCUT2D eigenvalue weighted by Gasteiger charge is -2.24. The Morgan fingerprint density at radius 2 is 2.11 bits per heavy atom. The van der Waals surface area contributed by atoms with E-state index >= 15 is 0 Å². The van der Waals surface area contributed by atoms with Crippen LogP contribution >= 0.6 is 11.3 Å². The topological polar surface area (TPSA) is 74.3 Å². The van der Waals surface area contributed by atoms with E-state index in [0.29, 0.717) is 29.5 Å². The van der Waals surface area contributed by atoms with Gasteiger partial charge in [0.15, 0.2) is 5.13 Å². The van der Waals surface area contributed by atoms with Gasteiger partial charge in [-0.25, -0.2) is 9.37 Å². The molecule has 1 fully saturated rings. The molecule has 27 heavy (non-hydrogen) atoms. The van der Waals surface area contributed by atoms with Crippen LogP contribution in [0.2, 0.25) is 0 Å². The summed E-state index contributed by atoms with van der Waals surface area (Å²) in [6, 6.07) is 5.56. The van der Waals surface area contributed by atoms with E-state index in [1.165, 1.54) is 23.5 Å². The zero-order valence-electron chi connectivity index (χ0n) is 15.4. The molecule has 2 unspecified atom stereocenters. The van der Waals surface area contributed by atoms with Crippen LogP contribution < -0.4 is 10.6 Å². The minimum atomic E-state index is -0.443. The van der Waals surface area contributed by atoms with E-state index in [1.54, 1.807) is 22.4 Å². The van der Waals surface area contributed by atoms with Gasteiger partial charge >= 0.3 is 0 Å². The predicted molar refractivity (Wildman–Crippen MR) is 104 cm³/mol. The standard InChI is InChI=1S/C19H23FN4O2S/c1-3-12(2)21-17(25)16-5-4-10-24(16)18(26)15-11-27-19(23-15)22-14-8-6-13(20)7-9-14/h6-9,11-12,16H,3-5,10H2,1-2H3,(H,21,25)(H,22,23). The summed E-state index contributed by atoms with van der Waals surface area (Å²) in [7, 11) is 0. The number of thiazole rings is 1. The molecular weight excluding hydrogens is 367 g/mol. The molecule has 6 nitrogen and oxygen atoms in total. The highest BCUT2D eigenvalue weighted by molar-refractivity contribution is 7.14. The lowest BCUT2D eigenvalue weighted by atomic mass is 10.1. The molecule has 2 aromatic rings. The molecule has 1 aromatic heterocycles. The van der Waals surface area contributed by atoms with Crippen molar-refractivity contribution < 1.29 is 14.0 Å². The van der Waals surface area contributed by atoms with Crippen LogP contribution in [-0.4, -0.2) is 40.3 Å². The van der Waals surface area contributed by atoms with Crippen LogP contribution in [0.15, 0.2) is 29.6 Å². The van der Waals surface area contributed by atoms with Gasteiger partial charge in [-0.2, -0.15) is 0 Å². The molecule has 1 aromatic carbocycles. The number of rotatable bonds is 6. The highest BCUT2D eigenvalue weighted by Gasteiger charge is 2.35. The fourth-order valence-corrected chi connectivity index (χ4v) is 3.66. The van der Waals surface area contributed by atoms with Crippen molar-refractivity contribution in [3.05, 3.63) is 41.2 Å². The van der Waals surface area contributed by atoms with Gasteiger partial charge in [0.25, 0.3) is 5.91 Å². The second kappa shape index (κ2) is 8.47. The summed E-state index contributed by atoms with van der Waals surface area (Å²) in [6.07, 6.45) is 2.31. The third-order valence-corrected chi connectivity index (χ3v) is 5.39. The zero-order valence-corrected chi connectivity index (χ0v) is 16.2. The van der Waals surface area contributed by atoms with Crippen LogP contribution in [0.25, 0.3) is 0 Å². The van der Waals surface area contributed by atoms with Crippen molar-refractivity contribution in [3.63, 3.8) is 0 Å². The number of aromatic nitrogens is 1. The summed E-state index contributed by atoms with van der Waals surface area (Å²) in [5.74, 6) is -0.651. The van der Waals surface area contributed by atoms with Crippen molar-refractivity contribution in [1.82, 2.24) is 15.2 Å².